The maximum atomic E-state index is 10.9. The molecule has 0 aliphatic heterocycles. The molecule has 3 nitrogen and oxygen atoms in total. The van der Waals surface area contributed by atoms with Gasteiger partial charge in [-0.2, -0.15) is 4.37 Å². The van der Waals surface area contributed by atoms with E-state index in [9.17, 15) is 4.79 Å². The molecule has 0 radical (unpaired) electrons. The van der Waals surface area contributed by atoms with Crippen molar-refractivity contribution >= 4 is 17.5 Å². The Morgan fingerprint density at radius 3 is 2.93 bits per heavy atom. The Morgan fingerprint density at radius 1 is 1.57 bits per heavy atom. The first-order valence-corrected chi connectivity index (χ1v) is 5.48. The third kappa shape index (κ3) is 1.54. The van der Waals surface area contributed by atoms with Crippen LogP contribution in [0.25, 0.3) is 0 Å². The van der Waals surface area contributed by atoms with Crippen LogP contribution >= 0.6 is 11.5 Å². The molecule has 76 valence electrons. The van der Waals surface area contributed by atoms with Gasteiger partial charge in [0.05, 0.1) is 0 Å². The van der Waals surface area contributed by atoms with Crippen molar-refractivity contribution in [3.8, 4) is 0 Å². The first kappa shape index (κ1) is 9.65. The number of fused-ring (bicyclic) bond motifs is 1. The van der Waals surface area contributed by atoms with Crippen molar-refractivity contribution in [2.75, 3.05) is 0 Å². The number of rotatable bonds is 1. The molecule has 0 spiro atoms. The fourth-order valence-electron chi connectivity index (χ4n) is 1.91. The molecule has 0 saturated heterocycles. The Bertz CT molecular complexity index is 381. The zero-order chi connectivity index (χ0) is 10.3. The van der Waals surface area contributed by atoms with Crippen LogP contribution in [0.4, 0.5) is 0 Å². The second-order valence-electron chi connectivity index (χ2n) is 4.58. The van der Waals surface area contributed by atoms with Crippen molar-refractivity contribution in [1.29, 1.82) is 0 Å². The minimum Gasteiger partial charge on any atom is -0.476 e. The summed E-state index contributed by atoms with van der Waals surface area (Å²) in [6.07, 6.45) is 2.95. The van der Waals surface area contributed by atoms with Gasteiger partial charge >= 0.3 is 5.97 Å². The summed E-state index contributed by atoms with van der Waals surface area (Å²) in [7, 11) is 0. The molecule has 1 aromatic rings. The van der Waals surface area contributed by atoms with Gasteiger partial charge in [0.15, 0.2) is 5.69 Å². The highest BCUT2D eigenvalue weighted by atomic mass is 32.1. The topological polar surface area (TPSA) is 50.2 Å². The van der Waals surface area contributed by atoms with Crippen molar-refractivity contribution in [2.24, 2.45) is 5.41 Å². The Balaban J connectivity index is 2.42. The summed E-state index contributed by atoms with van der Waals surface area (Å²) in [5.41, 5.74) is 1.47. The first-order valence-electron chi connectivity index (χ1n) is 4.70. The van der Waals surface area contributed by atoms with E-state index in [1.807, 2.05) is 0 Å². The highest BCUT2D eigenvalue weighted by molar-refractivity contribution is 7.06. The Labute approximate surface area is 86.9 Å². The van der Waals surface area contributed by atoms with Gasteiger partial charge in [-0.15, -0.1) is 0 Å². The van der Waals surface area contributed by atoms with Crippen LogP contribution < -0.4 is 0 Å². The molecular formula is C10H13NO2S. The smallest absolute Gasteiger partial charge is 0.355 e. The first-order chi connectivity index (χ1) is 6.49. The molecule has 1 heterocycles. The Hall–Kier alpha value is -0.900. The van der Waals surface area contributed by atoms with Gasteiger partial charge < -0.3 is 5.11 Å². The van der Waals surface area contributed by atoms with Crippen molar-refractivity contribution in [1.82, 2.24) is 4.37 Å². The fourth-order valence-corrected chi connectivity index (χ4v) is 2.77. The van der Waals surface area contributed by atoms with E-state index < -0.39 is 5.97 Å². The molecule has 1 aromatic heterocycles. The highest BCUT2D eigenvalue weighted by Crippen LogP contribution is 2.37. The average molecular weight is 211 g/mol. The number of aromatic nitrogens is 1. The van der Waals surface area contributed by atoms with Gasteiger partial charge in [0, 0.05) is 10.4 Å². The average Bonchev–Trinajstić information content (AvgIpc) is 2.44. The largest absolute Gasteiger partial charge is 0.476 e. The lowest BCUT2D eigenvalue weighted by Gasteiger charge is -2.28. The van der Waals surface area contributed by atoms with Crippen LogP contribution in [-0.2, 0) is 12.8 Å². The summed E-state index contributed by atoms with van der Waals surface area (Å²) in [6.45, 7) is 4.36. The fraction of sp³-hybridized carbons (Fsp3) is 0.600. The number of aromatic carboxylic acids is 1. The molecular weight excluding hydrogens is 198 g/mol. The van der Waals surface area contributed by atoms with E-state index in [4.69, 9.17) is 5.11 Å². The lowest BCUT2D eigenvalue weighted by Crippen LogP contribution is -2.22. The predicted octanol–water partition coefficient (Wildman–Crippen LogP) is 2.36. The molecule has 4 heteroatoms. The number of carbonyl (C=O) groups is 1. The number of hydrogen-bond donors (Lipinski definition) is 1. The Morgan fingerprint density at radius 2 is 2.29 bits per heavy atom. The summed E-state index contributed by atoms with van der Waals surface area (Å²) in [5, 5.41) is 8.94. The molecule has 0 unspecified atom stereocenters. The molecule has 0 amide bonds. The van der Waals surface area contributed by atoms with Gasteiger partial charge in [0.25, 0.3) is 0 Å². The molecule has 0 aromatic carbocycles. The number of carboxylic acid groups (broad SMARTS) is 1. The number of carboxylic acids is 1. The van der Waals surface area contributed by atoms with Gasteiger partial charge in [-0.25, -0.2) is 4.79 Å². The van der Waals surface area contributed by atoms with Gasteiger partial charge in [0.1, 0.15) is 0 Å². The van der Waals surface area contributed by atoms with E-state index in [0.29, 0.717) is 0 Å². The predicted molar refractivity (Wildman–Crippen MR) is 54.9 cm³/mol. The van der Waals surface area contributed by atoms with Crippen LogP contribution in [-0.4, -0.2) is 15.4 Å². The van der Waals surface area contributed by atoms with E-state index in [1.54, 1.807) is 0 Å². The number of aryl methyl sites for hydroxylation is 1. The molecule has 1 N–H and O–H groups in total. The zero-order valence-electron chi connectivity index (χ0n) is 8.33. The van der Waals surface area contributed by atoms with E-state index in [-0.39, 0.29) is 11.1 Å². The third-order valence-electron chi connectivity index (χ3n) is 2.76. The minimum absolute atomic E-state index is 0.222. The highest BCUT2D eigenvalue weighted by Gasteiger charge is 2.30. The minimum atomic E-state index is -0.889. The van der Waals surface area contributed by atoms with Crippen LogP contribution in [0.15, 0.2) is 0 Å². The third-order valence-corrected chi connectivity index (χ3v) is 3.70. The molecule has 1 aliphatic carbocycles. The summed E-state index contributed by atoms with van der Waals surface area (Å²) < 4.78 is 4.00. The van der Waals surface area contributed by atoms with Crippen molar-refractivity contribution in [3.63, 3.8) is 0 Å². The summed E-state index contributed by atoms with van der Waals surface area (Å²) in [5.74, 6) is -0.889. The monoisotopic (exact) mass is 211 g/mol. The maximum Gasteiger partial charge on any atom is 0.355 e. The van der Waals surface area contributed by atoms with Gasteiger partial charge in [-0.1, -0.05) is 13.8 Å². The van der Waals surface area contributed by atoms with Crippen molar-refractivity contribution < 1.29 is 9.90 Å². The standard InChI is InChI=1S/C10H13NO2S/c1-10(2)4-3-7-6(5-10)8(9(12)13)11-14-7/h3-5H2,1-2H3,(H,12,13). The lowest BCUT2D eigenvalue weighted by atomic mass is 9.76. The number of nitrogens with zero attached hydrogens (tertiary/aromatic N) is 1. The molecule has 0 saturated carbocycles. The molecule has 2 rings (SSSR count). The van der Waals surface area contributed by atoms with Crippen molar-refractivity contribution in [2.45, 2.75) is 33.1 Å². The second-order valence-corrected chi connectivity index (χ2v) is 5.44. The van der Waals surface area contributed by atoms with E-state index >= 15 is 0 Å². The van der Waals surface area contributed by atoms with Gasteiger partial charge in [0.2, 0.25) is 0 Å². The van der Waals surface area contributed by atoms with Crippen molar-refractivity contribution in [3.05, 3.63) is 16.1 Å². The zero-order valence-corrected chi connectivity index (χ0v) is 9.15. The molecule has 0 atom stereocenters. The van der Waals surface area contributed by atoms with Crippen LogP contribution in [0.5, 0.6) is 0 Å². The molecule has 1 aliphatic rings. The van der Waals surface area contributed by atoms with E-state index in [2.05, 4.69) is 18.2 Å². The molecule has 0 fully saturated rings. The SMILES string of the molecule is CC1(C)CCc2snc(C(=O)O)c2C1. The van der Waals surface area contributed by atoms with Crippen LogP contribution in [0.2, 0.25) is 0 Å². The van der Waals surface area contributed by atoms with Crippen LogP contribution in [0.3, 0.4) is 0 Å². The van der Waals surface area contributed by atoms with E-state index in [0.717, 1.165) is 24.8 Å². The molecule has 0 bridgehead atoms. The molecule has 14 heavy (non-hydrogen) atoms. The number of hydrogen-bond acceptors (Lipinski definition) is 3. The maximum absolute atomic E-state index is 10.9. The van der Waals surface area contributed by atoms with E-state index in [1.165, 1.54) is 16.4 Å². The normalized spacial score (nSPS) is 19.0. The van der Waals surface area contributed by atoms with Gasteiger partial charge in [-0.05, 0) is 36.2 Å². The quantitative estimate of drug-likeness (QED) is 0.775. The van der Waals surface area contributed by atoms with Gasteiger partial charge in [-0.3, -0.25) is 0 Å². The lowest BCUT2D eigenvalue weighted by molar-refractivity contribution is 0.0689. The van der Waals surface area contributed by atoms with Crippen LogP contribution in [0, 0.1) is 5.41 Å². The summed E-state index contributed by atoms with van der Waals surface area (Å²) in [6, 6.07) is 0. The summed E-state index contributed by atoms with van der Waals surface area (Å²) >= 11 is 1.35. The summed E-state index contributed by atoms with van der Waals surface area (Å²) in [4.78, 5) is 12.1. The Kier molecular flexibility index (Phi) is 2.10. The second kappa shape index (κ2) is 3.05. The van der Waals surface area contributed by atoms with Crippen LogP contribution in [0.1, 0.15) is 41.2 Å².